The summed E-state index contributed by atoms with van der Waals surface area (Å²) in [6, 6.07) is 22.9. The Labute approximate surface area is 211 Å². The van der Waals surface area contributed by atoms with E-state index >= 15 is 0 Å². The number of ether oxygens (including phenoxy) is 2. The van der Waals surface area contributed by atoms with Crippen molar-refractivity contribution in [1.82, 2.24) is 10.2 Å². The third-order valence-electron chi connectivity index (χ3n) is 5.53. The fraction of sp³-hybridized carbons (Fsp3) is 0.286. The molecular weight excluding hydrogens is 464 g/mol. The van der Waals surface area contributed by atoms with E-state index in [1.807, 2.05) is 54.6 Å². The number of methoxy groups -OCH3 is 1. The van der Waals surface area contributed by atoms with Crippen molar-refractivity contribution in [2.45, 2.75) is 32.4 Å². The third kappa shape index (κ3) is 7.49. The second-order valence-electron chi connectivity index (χ2n) is 8.05. The summed E-state index contributed by atoms with van der Waals surface area (Å²) >= 11 is 6.20. The fourth-order valence-electron chi connectivity index (χ4n) is 3.63. The van der Waals surface area contributed by atoms with Crippen LogP contribution in [0.15, 0.2) is 78.9 Å². The molecule has 0 aliphatic rings. The largest absolute Gasteiger partial charge is 0.497 e. The minimum Gasteiger partial charge on any atom is -0.497 e. The monoisotopic (exact) mass is 494 g/mol. The van der Waals surface area contributed by atoms with Crippen LogP contribution in [-0.2, 0) is 16.1 Å². The number of nitrogens with one attached hydrogen (secondary N) is 1. The first-order chi connectivity index (χ1) is 17.0. The standard InChI is InChI=1S/C28H31ClN2O4/c1-3-4-18-30-28(33)27(22-10-6-5-7-11-22)31(19-21-14-16-23(34-2)17-15-21)26(32)20-35-25-13-9-8-12-24(25)29/h5-17,27H,3-4,18-20H2,1-2H3,(H,30,33)/t27-/m1/s1. The number of para-hydroxylation sites is 1. The van der Waals surface area contributed by atoms with Crippen molar-refractivity contribution in [1.29, 1.82) is 0 Å². The van der Waals surface area contributed by atoms with Crippen LogP contribution in [0.5, 0.6) is 11.5 Å². The van der Waals surface area contributed by atoms with E-state index < -0.39 is 6.04 Å². The molecule has 3 rings (SSSR count). The maximum Gasteiger partial charge on any atom is 0.261 e. The summed E-state index contributed by atoms with van der Waals surface area (Å²) in [6.45, 7) is 2.56. The Morgan fingerprint density at radius 3 is 2.31 bits per heavy atom. The summed E-state index contributed by atoms with van der Waals surface area (Å²) in [5, 5.41) is 3.41. The lowest BCUT2D eigenvalue weighted by Crippen LogP contribution is -2.45. The highest BCUT2D eigenvalue weighted by Crippen LogP contribution is 2.26. The minimum absolute atomic E-state index is 0.218. The van der Waals surface area contributed by atoms with Gasteiger partial charge in [0, 0.05) is 13.1 Å². The van der Waals surface area contributed by atoms with Crippen molar-refractivity contribution >= 4 is 23.4 Å². The summed E-state index contributed by atoms with van der Waals surface area (Å²) in [4.78, 5) is 28.5. The van der Waals surface area contributed by atoms with Crippen LogP contribution in [0.4, 0.5) is 0 Å². The highest BCUT2D eigenvalue weighted by Gasteiger charge is 2.31. The zero-order valence-electron chi connectivity index (χ0n) is 20.1. The summed E-state index contributed by atoms with van der Waals surface area (Å²) in [5.74, 6) is 0.561. The second kappa shape index (κ2) is 13.4. The molecule has 0 radical (unpaired) electrons. The number of unbranched alkanes of at least 4 members (excludes halogenated alkanes) is 1. The number of amides is 2. The molecule has 35 heavy (non-hydrogen) atoms. The molecule has 2 amide bonds. The summed E-state index contributed by atoms with van der Waals surface area (Å²) in [6.07, 6.45) is 1.81. The number of hydrogen-bond acceptors (Lipinski definition) is 4. The zero-order valence-corrected chi connectivity index (χ0v) is 20.8. The van der Waals surface area contributed by atoms with Gasteiger partial charge in [-0.3, -0.25) is 9.59 Å². The molecule has 0 saturated heterocycles. The molecule has 184 valence electrons. The SMILES string of the molecule is CCCCNC(=O)[C@@H](c1ccccc1)N(Cc1ccc(OC)cc1)C(=O)COc1ccccc1Cl. The van der Waals surface area contributed by atoms with E-state index in [1.165, 1.54) is 0 Å². The Hall–Kier alpha value is -3.51. The van der Waals surface area contributed by atoms with Gasteiger partial charge in [0.2, 0.25) is 5.91 Å². The Balaban J connectivity index is 1.92. The molecule has 0 aromatic heterocycles. The highest BCUT2D eigenvalue weighted by atomic mass is 35.5. The second-order valence-corrected chi connectivity index (χ2v) is 8.45. The van der Waals surface area contributed by atoms with Crippen molar-refractivity contribution < 1.29 is 19.1 Å². The fourth-order valence-corrected chi connectivity index (χ4v) is 3.82. The molecular formula is C28H31ClN2O4. The van der Waals surface area contributed by atoms with Crippen molar-refractivity contribution in [3.8, 4) is 11.5 Å². The first-order valence-electron chi connectivity index (χ1n) is 11.7. The van der Waals surface area contributed by atoms with E-state index in [2.05, 4.69) is 12.2 Å². The average Bonchev–Trinajstić information content (AvgIpc) is 2.89. The van der Waals surface area contributed by atoms with Gasteiger partial charge in [0.25, 0.3) is 5.91 Å². The van der Waals surface area contributed by atoms with Crippen LogP contribution in [0.3, 0.4) is 0 Å². The smallest absolute Gasteiger partial charge is 0.261 e. The molecule has 1 atom stereocenters. The van der Waals surface area contributed by atoms with E-state index in [4.69, 9.17) is 21.1 Å². The Kier molecular flexibility index (Phi) is 9.99. The predicted molar refractivity (Wildman–Crippen MR) is 138 cm³/mol. The van der Waals surface area contributed by atoms with Gasteiger partial charge in [-0.1, -0.05) is 79.5 Å². The number of benzene rings is 3. The van der Waals surface area contributed by atoms with Gasteiger partial charge < -0.3 is 19.7 Å². The van der Waals surface area contributed by atoms with E-state index in [0.717, 1.165) is 24.0 Å². The lowest BCUT2D eigenvalue weighted by molar-refractivity contribution is -0.143. The maximum atomic E-state index is 13.6. The van der Waals surface area contributed by atoms with Gasteiger partial charge in [0.1, 0.15) is 17.5 Å². The number of carbonyl (C=O) groups excluding carboxylic acids is 2. The molecule has 1 N–H and O–H groups in total. The molecule has 3 aromatic carbocycles. The molecule has 0 aliphatic heterocycles. The topological polar surface area (TPSA) is 67.9 Å². The van der Waals surface area contributed by atoms with Crippen LogP contribution in [0.2, 0.25) is 5.02 Å². The summed E-state index contributed by atoms with van der Waals surface area (Å²) < 4.78 is 11.0. The Bertz CT molecular complexity index is 1090. The van der Waals surface area contributed by atoms with Gasteiger partial charge in [-0.15, -0.1) is 0 Å². The van der Waals surface area contributed by atoms with Crippen molar-refractivity contribution in [3.63, 3.8) is 0 Å². The number of hydrogen-bond donors (Lipinski definition) is 1. The number of carbonyl (C=O) groups is 2. The molecule has 0 fully saturated rings. The molecule has 6 nitrogen and oxygen atoms in total. The molecule has 0 saturated carbocycles. The first kappa shape index (κ1) is 26.1. The average molecular weight is 495 g/mol. The van der Waals surface area contributed by atoms with Gasteiger partial charge in [-0.25, -0.2) is 0 Å². The van der Waals surface area contributed by atoms with E-state index in [9.17, 15) is 9.59 Å². The van der Waals surface area contributed by atoms with E-state index in [-0.39, 0.29) is 25.0 Å². The molecule has 0 bridgehead atoms. The van der Waals surface area contributed by atoms with Gasteiger partial charge in [-0.05, 0) is 41.8 Å². The van der Waals surface area contributed by atoms with Crippen molar-refractivity contribution in [3.05, 3.63) is 95.0 Å². The molecule has 3 aromatic rings. The predicted octanol–water partition coefficient (Wildman–Crippen LogP) is 5.41. The quantitative estimate of drug-likeness (QED) is 0.342. The highest BCUT2D eigenvalue weighted by molar-refractivity contribution is 6.32. The molecule has 7 heteroatoms. The summed E-state index contributed by atoms with van der Waals surface area (Å²) in [5.41, 5.74) is 1.58. The van der Waals surface area contributed by atoms with E-state index in [0.29, 0.717) is 23.1 Å². The zero-order chi connectivity index (χ0) is 25.0. The van der Waals surface area contributed by atoms with Crippen molar-refractivity contribution in [2.24, 2.45) is 0 Å². The van der Waals surface area contributed by atoms with Gasteiger partial charge >= 0.3 is 0 Å². The van der Waals surface area contributed by atoms with E-state index in [1.54, 1.807) is 36.3 Å². The van der Waals surface area contributed by atoms with Crippen LogP contribution in [0.25, 0.3) is 0 Å². The third-order valence-corrected chi connectivity index (χ3v) is 5.84. The van der Waals surface area contributed by atoms with Crippen LogP contribution in [0.1, 0.15) is 36.9 Å². The Morgan fingerprint density at radius 2 is 1.66 bits per heavy atom. The van der Waals surface area contributed by atoms with Crippen LogP contribution in [-0.4, -0.2) is 37.0 Å². The first-order valence-corrected chi connectivity index (χ1v) is 12.0. The van der Waals surface area contributed by atoms with Gasteiger partial charge in [-0.2, -0.15) is 0 Å². The normalized spacial score (nSPS) is 11.4. The molecule has 0 heterocycles. The lowest BCUT2D eigenvalue weighted by atomic mass is 10.0. The van der Waals surface area contributed by atoms with Gasteiger partial charge in [0.05, 0.1) is 12.1 Å². The minimum atomic E-state index is -0.822. The van der Waals surface area contributed by atoms with Crippen molar-refractivity contribution in [2.75, 3.05) is 20.3 Å². The number of halogens is 1. The molecule has 0 unspecified atom stereocenters. The Morgan fingerprint density at radius 1 is 0.971 bits per heavy atom. The van der Waals surface area contributed by atoms with Gasteiger partial charge in [0.15, 0.2) is 6.61 Å². The summed E-state index contributed by atoms with van der Waals surface area (Å²) in [7, 11) is 1.60. The van der Waals surface area contributed by atoms with Crippen LogP contribution in [0, 0.1) is 0 Å². The molecule has 0 spiro atoms. The van der Waals surface area contributed by atoms with Crippen LogP contribution >= 0.6 is 11.6 Å². The molecule has 0 aliphatic carbocycles. The van der Waals surface area contributed by atoms with Crippen LogP contribution < -0.4 is 14.8 Å². The maximum absolute atomic E-state index is 13.6. The lowest BCUT2D eigenvalue weighted by Gasteiger charge is -2.31. The number of rotatable bonds is 12. The number of nitrogens with zero attached hydrogens (tertiary/aromatic N) is 1.